The lowest BCUT2D eigenvalue weighted by Gasteiger charge is -2.25. The first-order valence-electron chi connectivity index (χ1n) is 11.0. The van der Waals surface area contributed by atoms with Crippen molar-refractivity contribution in [2.45, 2.75) is 19.9 Å². The van der Waals surface area contributed by atoms with Crippen LogP contribution in [0.5, 0.6) is 11.5 Å². The monoisotopic (exact) mass is 508 g/mol. The van der Waals surface area contributed by atoms with E-state index in [0.717, 1.165) is 0 Å². The Morgan fingerprint density at radius 2 is 1.81 bits per heavy atom. The summed E-state index contributed by atoms with van der Waals surface area (Å²) in [4.78, 5) is 42.8. The average molecular weight is 509 g/mol. The Hall–Kier alpha value is -4.18. The van der Waals surface area contributed by atoms with Crippen molar-refractivity contribution in [3.8, 4) is 11.5 Å². The maximum Gasteiger partial charge on any atom is 0.338 e. The molecule has 0 radical (unpaired) electrons. The quantitative estimate of drug-likeness (QED) is 0.488. The summed E-state index contributed by atoms with van der Waals surface area (Å²) in [5.41, 5.74) is 1.81. The number of carbonyl (C=O) groups is 2. The van der Waals surface area contributed by atoms with Gasteiger partial charge in [-0.1, -0.05) is 29.5 Å². The molecule has 0 fully saturated rings. The third kappa shape index (κ3) is 4.55. The van der Waals surface area contributed by atoms with Crippen molar-refractivity contribution in [3.63, 3.8) is 0 Å². The van der Waals surface area contributed by atoms with E-state index in [1.807, 2.05) is 0 Å². The highest BCUT2D eigenvalue weighted by Crippen LogP contribution is 2.36. The van der Waals surface area contributed by atoms with Crippen molar-refractivity contribution in [2.24, 2.45) is 4.99 Å². The predicted octanol–water partition coefficient (Wildman–Crippen LogP) is 2.51. The van der Waals surface area contributed by atoms with Gasteiger partial charge in [-0.2, -0.15) is 0 Å². The van der Waals surface area contributed by atoms with Crippen LogP contribution in [-0.2, 0) is 9.53 Å². The first-order valence-corrected chi connectivity index (χ1v) is 11.9. The second-order valence-electron chi connectivity index (χ2n) is 7.84. The molecular weight excluding hydrogens is 484 g/mol. The van der Waals surface area contributed by atoms with Gasteiger partial charge < -0.3 is 19.3 Å². The van der Waals surface area contributed by atoms with Crippen LogP contribution in [0.15, 0.2) is 63.5 Å². The number of thiazole rings is 1. The molecule has 4 rings (SSSR count). The number of esters is 1. The third-order valence-electron chi connectivity index (χ3n) is 5.70. The highest BCUT2D eigenvalue weighted by molar-refractivity contribution is 7.07. The number of hydrogen-bond acceptors (Lipinski definition) is 8. The van der Waals surface area contributed by atoms with E-state index >= 15 is 0 Å². The molecule has 0 saturated heterocycles. The summed E-state index contributed by atoms with van der Waals surface area (Å²) in [7, 11) is 3.04. The standard InChI is InChI=1S/C26H24N2O7S/c1-5-35-25(32)21-14(2)27-26-28(22(21)17-10-11-18(33-3)19(13-17)34-4)23(29)20(36-26)12-15-6-8-16(9-7-15)24(30)31/h6-13,22H,5H2,1-4H3,(H,30,31). The first kappa shape index (κ1) is 24.9. The number of allylic oxidation sites excluding steroid dienone is 1. The number of carboxylic acids is 1. The molecule has 1 atom stereocenters. The molecular formula is C26H24N2O7S. The number of ether oxygens (including phenoxy) is 3. The third-order valence-corrected chi connectivity index (χ3v) is 6.68. The van der Waals surface area contributed by atoms with Gasteiger partial charge in [-0.05, 0) is 55.3 Å². The Bertz CT molecular complexity index is 1550. The number of rotatable bonds is 7. The van der Waals surface area contributed by atoms with E-state index in [-0.39, 0.29) is 23.3 Å². The minimum atomic E-state index is -1.03. The first-order chi connectivity index (χ1) is 17.3. The molecule has 1 N–H and O–H groups in total. The lowest BCUT2D eigenvalue weighted by Crippen LogP contribution is -2.39. The van der Waals surface area contributed by atoms with Gasteiger partial charge in [-0.25, -0.2) is 14.6 Å². The molecule has 0 spiro atoms. The highest BCUT2D eigenvalue weighted by Gasteiger charge is 2.33. The Morgan fingerprint density at radius 1 is 1.11 bits per heavy atom. The molecule has 0 bridgehead atoms. The van der Waals surface area contributed by atoms with Gasteiger partial charge in [0.15, 0.2) is 16.3 Å². The number of aromatic nitrogens is 1. The van der Waals surface area contributed by atoms with E-state index in [9.17, 15) is 14.4 Å². The van der Waals surface area contributed by atoms with Crippen LogP contribution in [0.3, 0.4) is 0 Å². The summed E-state index contributed by atoms with van der Waals surface area (Å²) in [6.45, 7) is 3.59. The fraction of sp³-hybridized carbons (Fsp3) is 0.231. The van der Waals surface area contributed by atoms with Gasteiger partial charge in [0.05, 0.1) is 48.2 Å². The zero-order valence-electron chi connectivity index (χ0n) is 20.1. The highest BCUT2D eigenvalue weighted by atomic mass is 32.1. The van der Waals surface area contributed by atoms with Gasteiger partial charge in [-0.3, -0.25) is 9.36 Å². The molecule has 1 aliphatic heterocycles. The van der Waals surface area contributed by atoms with Crippen LogP contribution in [0.4, 0.5) is 0 Å². The van der Waals surface area contributed by atoms with E-state index in [1.165, 1.54) is 42.3 Å². The normalized spacial score (nSPS) is 15.2. The zero-order valence-corrected chi connectivity index (χ0v) is 20.9. The van der Waals surface area contributed by atoms with E-state index in [1.54, 1.807) is 50.3 Å². The van der Waals surface area contributed by atoms with Crippen LogP contribution < -0.4 is 24.4 Å². The number of carboxylic acid groups (broad SMARTS) is 1. The number of benzene rings is 2. The van der Waals surface area contributed by atoms with Gasteiger partial charge in [-0.15, -0.1) is 0 Å². The smallest absolute Gasteiger partial charge is 0.338 e. The number of methoxy groups -OCH3 is 2. The van der Waals surface area contributed by atoms with Crippen molar-refractivity contribution in [3.05, 3.63) is 90.1 Å². The number of hydrogen-bond donors (Lipinski definition) is 1. The summed E-state index contributed by atoms with van der Waals surface area (Å²) in [5.74, 6) is -0.625. The molecule has 1 unspecified atom stereocenters. The molecule has 186 valence electrons. The lowest BCUT2D eigenvalue weighted by molar-refractivity contribution is -0.139. The van der Waals surface area contributed by atoms with Crippen molar-refractivity contribution in [2.75, 3.05) is 20.8 Å². The van der Waals surface area contributed by atoms with Crippen LogP contribution in [0.2, 0.25) is 0 Å². The molecule has 10 heteroatoms. The van der Waals surface area contributed by atoms with Crippen LogP contribution in [0.25, 0.3) is 6.08 Å². The second-order valence-corrected chi connectivity index (χ2v) is 8.85. The minimum absolute atomic E-state index is 0.150. The molecule has 2 aromatic carbocycles. The summed E-state index contributed by atoms with van der Waals surface area (Å²) in [6, 6.07) is 10.6. The van der Waals surface area contributed by atoms with Crippen molar-refractivity contribution in [1.82, 2.24) is 4.57 Å². The Kier molecular flexibility index (Phi) is 7.07. The van der Waals surface area contributed by atoms with E-state index in [4.69, 9.17) is 19.3 Å². The van der Waals surface area contributed by atoms with Gasteiger partial charge in [0, 0.05) is 0 Å². The Labute approximate surface area is 210 Å². The van der Waals surface area contributed by atoms with Gasteiger partial charge in [0.1, 0.15) is 0 Å². The summed E-state index contributed by atoms with van der Waals surface area (Å²) >= 11 is 1.18. The maximum absolute atomic E-state index is 13.6. The zero-order chi connectivity index (χ0) is 26.0. The largest absolute Gasteiger partial charge is 0.493 e. The fourth-order valence-electron chi connectivity index (χ4n) is 4.00. The predicted molar refractivity (Wildman–Crippen MR) is 133 cm³/mol. The van der Waals surface area contributed by atoms with Gasteiger partial charge in [0.25, 0.3) is 5.56 Å². The minimum Gasteiger partial charge on any atom is -0.493 e. The average Bonchev–Trinajstić information content (AvgIpc) is 3.17. The van der Waals surface area contributed by atoms with E-state index in [0.29, 0.717) is 37.7 Å². The molecule has 0 aliphatic carbocycles. The van der Waals surface area contributed by atoms with Crippen molar-refractivity contribution >= 4 is 29.4 Å². The topological polar surface area (TPSA) is 116 Å². The fourth-order valence-corrected chi connectivity index (χ4v) is 5.05. The summed E-state index contributed by atoms with van der Waals surface area (Å²) in [5, 5.41) is 9.13. The summed E-state index contributed by atoms with van der Waals surface area (Å²) < 4.78 is 18.0. The van der Waals surface area contributed by atoms with Crippen LogP contribution in [0.1, 0.15) is 41.4 Å². The Morgan fingerprint density at radius 3 is 2.42 bits per heavy atom. The number of carbonyl (C=O) groups excluding carboxylic acids is 1. The molecule has 1 aliphatic rings. The molecule has 0 amide bonds. The number of fused-ring (bicyclic) bond motifs is 1. The molecule has 0 saturated carbocycles. The van der Waals surface area contributed by atoms with Crippen LogP contribution in [0, 0.1) is 0 Å². The molecule has 2 heterocycles. The molecule has 9 nitrogen and oxygen atoms in total. The molecule has 36 heavy (non-hydrogen) atoms. The van der Waals surface area contributed by atoms with Crippen molar-refractivity contribution in [1.29, 1.82) is 0 Å². The van der Waals surface area contributed by atoms with Gasteiger partial charge in [0.2, 0.25) is 0 Å². The van der Waals surface area contributed by atoms with Gasteiger partial charge >= 0.3 is 11.9 Å². The van der Waals surface area contributed by atoms with Crippen LogP contribution in [-0.4, -0.2) is 42.4 Å². The van der Waals surface area contributed by atoms with Crippen molar-refractivity contribution < 1.29 is 28.9 Å². The number of nitrogens with zero attached hydrogens (tertiary/aromatic N) is 2. The SMILES string of the molecule is CCOC(=O)C1=C(C)N=c2sc(=Cc3ccc(C(=O)O)cc3)c(=O)n2C1c1ccc(OC)c(OC)c1. The lowest BCUT2D eigenvalue weighted by atomic mass is 9.95. The van der Waals surface area contributed by atoms with E-state index < -0.39 is 18.0 Å². The molecule has 3 aromatic rings. The number of aromatic carboxylic acids is 1. The summed E-state index contributed by atoms with van der Waals surface area (Å²) in [6.07, 6.45) is 1.67. The second kappa shape index (κ2) is 10.2. The maximum atomic E-state index is 13.6. The molecule has 1 aromatic heterocycles. The van der Waals surface area contributed by atoms with Crippen LogP contribution >= 0.6 is 11.3 Å². The van der Waals surface area contributed by atoms with E-state index in [2.05, 4.69) is 4.99 Å². The Balaban J connectivity index is 1.93.